The summed E-state index contributed by atoms with van der Waals surface area (Å²) >= 11 is 0. The minimum absolute atomic E-state index is 0.531. The molecule has 2 rings (SSSR count). The zero-order valence-electron chi connectivity index (χ0n) is 11.0. The van der Waals surface area contributed by atoms with Crippen LogP contribution in [0.25, 0.3) is 0 Å². The highest BCUT2D eigenvalue weighted by molar-refractivity contribution is 4.79. The van der Waals surface area contributed by atoms with Crippen LogP contribution >= 0.6 is 0 Å². The molecule has 96 valence electrons. The maximum Gasteiger partial charge on any atom is 0.0939 e. The molecule has 3 heteroatoms. The molecule has 2 saturated heterocycles. The van der Waals surface area contributed by atoms with Crippen LogP contribution in [0.15, 0.2) is 0 Å². The largest absolute Gasteiger partial charge is 0.380 e. The highest BCUT2D eigenvalue weighted by Gasteiger charge is 2.43. The molecular weight excluding hydrogens is 212 g/mol. The van der Waals surface area contributed by atoms with E-state index in [1.807, 2.05) is 0 Å². The van der Waals surface area contributed by atoms with Crippen molar-refractivity contribution in [2.45, 2.75) is 44.6 Å². The number of nitrogens with zero attached hydrogens (tertiary/aromatic N) is 2. The molecule has 2 heterocycles. The first-order valence-corrected chi connectivity index (χ1v) is 7.05. The van der Waals surface area contributed by atoms with E-state index in [9.17, 15) is 0 Å². The number of nitriles is 1. The lowest BCUT2D eigenvalue weighted by Crippen LogP contribution is -2.61. The normalized spacial score (nSPS) is 37.2. The van der Waals surface area contributed by atoms with Gasteiger partial charge in [0.15, 0.2) is 0 Å². The van der Waals surface area contributed by atoms with Crippen molar-refractivity contribution in [2.24, 2.45) is 5.92 Å². The summed E-state index contributed by atoms with van der Waals surface area (Å²) in [5.74, 6) is 0.729. The topological polar surface area (TPSA) is 33.0 Å². The van der Waals surface area contributed by atoms with Crippen molar-refractivity contribution in [2.75, 3.05) is 33.4 Å². The molecule has 0 amide bonds. The Labute approximate surface area is 105 Å². The standard InChI is InChI=1S/C14H25N2O/c1-16-9-3-2-7-14(16)13(6-4-10-16)12-17-11-5-8-15/h13-14H,2-7,9-12H2,1H3/q+1/t13-,14+,16+/m0/s1. The number of hydrogen-bond donors (Lipinski definition) is 0. The van der Waals surface area contributed by atoms with Crippen LogP contribution in [0.5, 0.6) is 0 Å². The van der Waals surface area contributed by atoms with E-state index < -0.39 is 0 Å². The summed E-state index contributed by atoms with van der Waals surface area (Å²) in [6, 6.07) is 2.96. The summed E-state index contributed by atoms with van der Waals surface area (Å²) in [7, 11) is 2.44. The van der Waals surface area contributed by atoms with Crippen molar-refractivity contribution in [1.29, 1.82) is 5.26 Å². The summed E-state index contributed by atoms with van der Waals surface area (Å²) in [6.45, 7) is 4.21. The third-order valence-electron chi connectivity index (χ3n) is 4.70. The second kappa shape index (κ2) is 5.84. The van der Waals surface area contributed by atoms with E-state index in [1.54, 1.807) is 0 Å². The van der Waals surface area contributed by atoms with Crippen LogP contribution in [0.3, 0.4) is 0 Å². The fourth-order valence-electron chi connectivity index (χ4n) is 3.78. The first-order valence-electron chi connectivity index (χ1n) is 7.05. The summed E-state index contributed by atoms with van der Waals surface area (Å²) in [5, 5.41) is 8.50. The molecule has 0 aliphatic carbocycles. The van der Waals surface area contributed by atoms with Gasteiger partial charge in [-0.25, -0.2) is 0 Å². The quantitative estimate of drug-likeness (QED) is 0.555. The van der Waals surface area contributed by atoms with E-state index in [-0.39, 0.29) is 0 Å². The molecule has 17 heavy (non-hydrogen) atoms. The minimum atomic E-state index is 0.531. The SMILES string of the molecule is C[N@+]12CCCC[C@@H]1[C@H](COCCC#N)CCC2. The van der Waals surface area contributed by atoms with Crippen molar-refractivity contribution in [3.8, 4) is 6.07 Å². The molecule has 3 nitrogen and oxygen atoms in total. The first kappa shape index (κ1) is 12.9. The van der Waals surface area contributed by atoms with Crippen molar-refractivity contribution < 1.29 is 9.22 Å². The van der Waals surface area contributed by atoms with Crippen molar-refractivity contribution >= 4 is 0 Å². The average molecular weight is 237 g/mol. The van der Waals surface area contributed by atoms with E-state index in [1.165, 1.54) is 49.7 Å². The third-order valence-corrected chi connectivity index (χ3v) is 4.70. The maximum atomic E-state index is 8.50. The molecule has 0 radical (unpaired) electrons. The molecule has 0 bridgehead atoms. The fraction of sp³-hybridized carbons (Fsp3) is 0.929. The molecule has 0 aromatic rings. The molecule has 0 saturated carbocycles. The Bertz CT molecular complexity index is 282. The van der Waals surface area contributed by atoms with Gasteiger partial charge in [-0.15, -0.1) is 0 Å². The Balaban J connectivity index is 1.86. The van der Waals surface area contributed by atoms with E-state index in [0.717, 1.165) is 18.6 Å². The Hall–Kier alpha value is -0.590. The van der Waals surface area contributed by atoms with Crippen molar-refractivity contribution in [3.05, 3.63) is 0 Å². The number of ether oxygens (including phenoxy) is 1. The van der Waals surface area contributed by atoms with Crippen LogP contribution in [-0.2, 0) is 4.74 Å². The minimum Gasteiger partial charge on any atom is -0.380 e. The lowest BCUT2D eigenvalue weighted by atomic mass is 9.82. The fourth-order valence-corrected chi connectivity index (χ4v) is 3.78. The number of hydrogen-bond acceptors (Lipinski definition) is 2. The second-order valence-electron chi connectivity index (χ2n) is 5.88. The molecule has 0 aromatic carbocycles. The average Bonchev–Trinajstić information content (AvgIpc) is 2.34. The Morgan fingerprint density at radius 3 is 2.88 bits per heavy atom. The van der Waals surface area contributed by atoms with Gasteiger partial charge in [-0.2, -0.15) is 5.26 Å². The van der Waals surface area contributed by atoms with Crippen LogP contribution in [0.1, 0.15) is 38.5 Å². The second-order valence-corrected chi connectivity index (χ2v) is 5.88. The van der Waals surface area contributed by atoms with Gasteiger partial charge < -0.3 is 9.22 Å². The van der Waals surface area contributed by atoms with E-state index >= 15 is 0 Å². The van der Waals surface area contributed by atoms with Gasteiger partial charge in [-0.1, -0.05) is 0 Å². The predicted octanol–water partition coefficient (Wildman–Crippen LogP) is 2.33. The number of rotatable bonds is 4. The van der Waals surface area contributed by atoms with Crippen LogP contribution in [-0.4, -0.2) is 43.9 Å². The predicted molar refractivity (Wildman–Crippen MR) is 67.3 cm³/mol. The van der Waals surface area contributed by atoms with Gasteiger partial charge in [-0.3, -0.25) is 0 Å². The van der Waals surface area contributed by atoms with E-state index in [2.05, 4.69) is 13.1 Å². The highest BCUT2D eigenvalue weighted by Crippen LogP contribution is 2.35. The Morgan fingerprint density at radius 2 is 2.06 bits per heavy atom. The van der Waals surface area contributed by atoms with E-state index in [4.69, 9.17) is 10.00 Å². The van der Waals surface area contributed by atoms with Gasteiger partial charge in [0, 0.05) is 12.3 Å². The monoisotopic (exact) mass is 237 g/mol. The summed E-state index contributed by atoms with van der Waals surface area (Å²) < 4.78 is 6.96. The zero-order chi connectivity index (χ0) is 12.1. The molecule has 0 unspecified atom stereocenters. The summed E-state index contributed by atoms with van der Waals surface area (Å²) in [5.41, 5.74) is 0. The van der Waals surface area contributed by atoms with Gasteiger partial charge in [0.2, 0.25) is 0 Å². The molecular formula is C14H25N2O+. The van der Waals surface area contributed by atoms with Gasteiger partial charge in [0.05, 0.1) is 51.9 Å². The Morgan fingerprint density at radius 1 is 1.24 bits per heavy atom. The van der Waals surface area contributed by atoms with Crippen LogP contribution in [0.2, 0.25) is 0 Å². The smallest absolute Gasteiger partial charge is 0.0939 e. The van der Waals surface area contributed by atoms with Gasteiger partial charge >= 0.3 is 0 Å². The number of fused-ring (bicyclic) bond motifs is 1. The Kier molecular flexibility index (Phi) is 4.42. The molecule has 0 spiro atoms. The van der Waals surface area contributed by atoms with Gasteiger partial charge in [0.1, 0.15) is 0 Å². The van der Waals surface area contributed by atoms with Gasteiger partial charge in [0.25, 0.3) is 0 Å². The number of piperidine rings is 2. The highest BCUT2D eigenvalue weighted by atomic mass is 16.5. The van der Waals surface area contributed by atoms with Crippen LogP contribution in [0.4, 0.5) is 0 Å². The molecule has 2 aliphatic heterocycles. The van der Waals surface area contributed by atoms with Crippen molar-refractivity contribution in [3.63, 3.8) is 0 Å². The lowest BCUT2D eigenvalue weighted by molar-refractivity contribution is -0.947. The third kappa shape index (κ3) is 3.00. The summed E-state index contributed by atoms with van der Waals surface area (Å²) in [6.07, 6.45) is 7.37. The molecule has 2 aliphatic rings. The molecule has 0 N–H and O–H groups in total. The number of quaternary nitrogens is 1. The van der Waals surface area contributed by atoms with Crippen LogP contribution in [0, 0.1) is 17.2 Å². The first-order chi connectivity index (χ1) is 8.26. The van der Waals surface area contributed by atoms with E-state index in [0.29, 0.717) is 13.0 Å². The van der Waals surface area contributed by atoms with Gasteiger partial charge in [-0.05, 0) is 25.7 Å². The molecule has 3 atom stereocenters. The van der Waals surface area contributed by atoms with Crippen molar-refractivity contribution in [1.82, 2.24) is 0 Å². The lowest BCUT2D eigenvalue weighted by Gasteiger charge is -2.51. The van der Waals surface area contributed by atoms with Crippen LogP contribution < -0.4 is 0 Å². The zero-order valence-corrected chi connectivity index (χ0v) is 11.0. The molecule has 2 fully saturated rings. The summed E-state index contributed by atoms with van der Waals surface area (Å²) in [4.78, 5) is 0. The molecule has 0 aromatic heterocycles. The maximum absolute atomic E-state index is 8.50.